The van der Waals surface area contributed by atoms with Gasteiger partial charge < -0.3 is 5.32 Å². The highest BCUT2D eigenvalue weighted by molar-refractivity contribution is 7.85. The van der Waals surface area contributed by atoms with Crippen molar-refractivity contribution in [3.8, 4) is 0 Å². The molecule has 1 N–H and O–H groups in total. The third kappa shape index (κ3) is 4.19. The van der Waals surface area contributed by atoms with Crippen molar-refractivity contribution in [2.45, 2.75) is 18.0 Å². The van der Waals surface area contributed by atoms with Crippen LogP contribution in [-0.4, -0.2) is 15.9 Å². The highest BCUT2D eigenvalue weighted by atomic mass is 32.2. The van der Waals surface area contributed by atoms with Crippen molar-refractivity contribution < 1.29 is 22.2 Å². The molecule has 0 radical (unpaired) electrons. The summed E-state index contributed by atoms with van der Waals surface area (Å²) in [6, 6.07) is 10.6. The number of alkyl halides is 3. The molecule has 0 saturated carbocycles. The molecule has 1 amide bonds. The molecule has 3 nitrogen and oxygen atoms in total. The average molecular weight is 341 g/mol. The lowest BCUT2D eigenvalue weighted by Gasteiger charge is -2.11. The van der Waals surface area contributed by atoms with Crippen molar-refractivity contribution in [2.75, 3.05) is 11.1 Å². The molecular formula is C16H14F3NO2S. The summed E-state index contributed by atoms with van der Waals surface area (Å²) >= 11 is 0. The Bertz CT molecular complexity index is 727. The number of halogens is 3. The van der Waals surface area contributed by atoms with Gasteiger partial charge in [-0.2, -0.15) is 13.2 Å². The third-order valence-electron chi connectivity index (χ3n) is 3.11. The maximum absolute atomic E-state index is 12.5. The molecule has 0 unspecified atom stereocenters. The van der Waals surface area contributed by atoms with E-state index < -0.39 is 28.4 Å². The fourth-order valence-corrected chi connectivity index (χ4v) is 2.90. The molecule has 0 aliphatic heterocycles. The summed E-state index contributed by atoms with van der Waals surface area (Å²) < 4.78 is 49.5. The van der Waals surface area contributed by atoms with Crippen LogP contribution >= 0.6 is 0 Å². The fourth-order valence-electron chi connectivity index (χ4n) is 1.95. The Kier molecular flexibility index (Phi) is 5.20. The van der Waals surface area contributed by atoms with E-state index in [9.17, 15) is 22.2 Å². The van der Waals surface area contributed by atoms with Crippen LogP contribution < -0.4 is 5.32 Å². The van der Waals surface area contributed by atoms with Crippen molar-refractivity contribution in [2.24, 2.45) is 0 Å². The topological polar surface area (TPSA) is 46.2 Å². The first-order chi connectivity index (χ1) is 10.8. The first kappa shape index (κ1) is 17.2. The maximum Gasteiger partial charge on any atom is 0.416 e. The van der Waals surface area contributed by atoms with Gasteiger partial charge in [-0.1, -0.05) is 19.1 Å². The number of anilines is 1. The Morgan fingerprint density at radius 2 is 1.70 bits per heavy atom. The Balaban J connectivity index is 2.22. The van der Waals surface area contributed by atoms with Gasteiger partial charge in [0.2, 0.25) is 0 Å². The smallest absolute Gasteiger partial charge is 0.322 e. The van der Waals surface area contributed by atoms with Gasteiger partial charge in [0, 0.05) is 11.4 Å². The Morgan fingerprint density at radius 3 is 2.26 bits per heavy atom. The van der Waals surface area contributed by atoms with Crippen LogP contribution in [0.15, 0.2) is 53.4 Å². The number of carbonyl (C=O) groups excluding carboxylic acids is 1. The van der Waals surface area contributed by atoms with E-state index in [0.717, 1.165) is 12.1 Å². The predicted octanol–water partition coefficient (Wildman–Crippen LogP) is 4.09. The predicted molar refractivity (Wildman–Crippen MR) is 82.8 cm³/mol. The number of hydrogen-bond acceptors (Lipinski definition) is 2. The van der Waals surface area contributed by atoms with E-state index in [0.29, 0.717) is 10.6 Å². The first-order valence-electron chi connectivity index (χ1n) is 6.79. The second kappa shape index (κ2) is 6.95. The Labute approximate surface area is 134 Å². The summed E-state index contributed by atoms with van der Waals surface area (Å²) in [5.41, 5.74) is -0.310. The fraction of sp³-hybridized carbons (Fsp3) is 0.188. The van der Waals surface area contributed by atoms with Crippen molar-refractivity contribution >= 4 is 22.4 Å². The van der Waals surface area contributed by atoms with Gasteiger partial charge >= 0.3 is 6.18 Å². The monoisotopic (exact) mass is 341 g/mol. The van der Waals surface area contributed by atoms with E-state index in [2.05, 4.69) is 5.32 Å². The summed E-state index contributed by atoms with van der Waals surface area (Å²) in [5.74, 6) is -0.146. The van der Waals surface area contributed by atoms with Gasteiger partial charge in [0.05, 0.1) is 26.8 Å². The number of amides is 1. The Morgan fingerprint density at radius 1 is 1.09 bits per heavy atom. The molecule has 0 bridgehead atoms. The molecule has 0 saturated heterocycles. The molecule has 0 heterocycles. The van der Waals surface area contributed by atoms with Crippen molar-refractivity contribution in [3.63, 3.8) is 0 Å². The van der Waals surface area contributed by atoms with Gasteiger partial charge in [0.1, 0.15) is 0 Å². The number of nitrogens with one attached hydrogen (secondary N) is 1. The minimum Gasteiger partial charge on any atom is -0.322 e. The first-order valence-corrected chi connectivity index (χ1v) is 8.11. The second-order valence-corrected chi connectivity index (χ2v) is 6.37. The van der Waals surface area contributed by atoms with E-state index in [1.165, 1.54) is 18.2 Å². The summed E-state index contributed by atoms with van der Waals surface area (Å²) in [7, 11) is -1.31. The standard InChI is InChI=1S/C16H14F3NO2S/c1-2-23(22)14-6-4-3-5-13(14)15(21)20-12-9-7-11(8-10-12)16(17,18)19/h3-10H,2H2,1H3,(H,20,21)/t23-/m0/s1. The zero-order chi connectivity index (χ0) is 17.0. The van der Waals surface area contributed by atoms with Gasteiger partial charge in [0.25, 0.3) is 5.91 Å². The van der Waals surface area contributed by atoms with Crippen molar-refractivity contribution in [1.82, 2.24) is 0 Å². The van der Waals surface area contributed by atoms with E-state index in [1.807, 2.05) is 0 Å². The molecule has 23 heavy (non-hydrogen) atoms. The highest BCUT2D eigenvalue weighted by Crippen LogP contribution is 2.30. The van der Waals surface area contributed by atoms with Crippen molar-refractivity contribution in [3.05, 3.63) is 59.7 Å². The molecule has 1 atom stereocenters. The van der Waals surface area contributed by atoms with Crippen LogP contribution in [0, 0.1) is 0 Å². The largest absolute Gasteiger partial charge is 0.416 e. The molecule has 0 aromatic heterocycles. The number of carbonyl (C=O) groups is 1. The van der Waals surface area contributed by atoms with E-state index >= 15 is 0 Å². The second-order valence-electron chi connectivity index (χ2n) is 4.66. The van der Waals surface area contributed by atoms with E-state index in [-0.39, 0.29) is 11.3 Å². The quantitative estimate of drug-likeness (QED) is 0.911. The Hall–Kier alpha value is -2.15. The molecule has 7 heteroatoms. The van der Waals surface area contributed by atoms with Crippen LogP contribution in [0.25, 0.3) is 0 Å². The van der Waals surface area contributed by atoms with Crippen LogP contribution in [0.4, 0.5) is 18.9 Å². The minimum atomic E-state index is -4.42. The molecule has 2 rings (SSSR count). The lowest BCUT2D eigenvalue weighted by atomic mass is 10.1. The number of benzene rings is 2. The molecule has 2 aromatic rings. The van der Waals surface area contributed by atoms with E-state index in [4.69, 9.17) is 0 Å². The van der Waals surface area contributed by atoms with Crippen LogP contribution in [0.5, 0.6) is 0 Å². The highest BCUT2D eigenvalue weighted by Gasteiger charge is 2.30. The number of hydrogen-bond donors (Lipinski definition) is 1. The third-order valence-corrected chi connectivity index (χ3v) is 4.48. The molecule has 2 aromatic carbocycles. The number of rotatable bonds is 4. The van der Waals surface area contributed by atoms with Crippen LogP contribution in [0.2, 0.25) is 0 Å². The summed E-state index contributed by atoms with van der Waals surface area (Å²) in [6.45, 7) is 1.74. The zero-order valence-electron chi connectivity index (χ0n) is 12.2. The lowest BCUT2D eigenvalue weighted by molar-refractivity contribution is -0.137. The minimum absolute atomic E-state index is 0.236. The normalized spacial score (nSPS) is 12.7. The van der Waals surface area contributed by atoms with Crippen LogP contribution in [0.3, 0.4) is 0 Å². The SMILES string of the molecule is CC[S@](=O)c1ccccc1C(=O)Nc1ccc(C(F)(F)F)cc1. The van der Waals surface area contributed by atoms with Gasteiger partial charge in [-0.05, 0) is 36.4 Å². The van der Waals surface area contributed by atoms with E-state index in [1.54, 1.807) is 25.1 Å². The molecule has 0 spiro atoms. The lowest BCUT2D eigenvalue weighted by Crippen LogP contribution is -2.15. The van der Waals surface area contributed by atoms with Gasteiger partial charge in [-0.3, -0.25) is 9.00 Å². The average Bonchev–Trinajstić information content (AvgIpc) is 2.53. The van der Waals surface area contributed by atoms with Gasteiger partial charge in [-0.25, -0.2) is 0 Å². The molecular weight excluding hydrogens is 327 g/mol. The van der Waals surface area contributed by atoms with Crippen molar-refractivity contribution in [1.29, 1.82) is 0 Å². The molecule has 0 fully saturated rings. The zero-order valence-corrected chi connectivity index (χ0v) is 13.0. The maximum atomic E-state index is 12.5. The summed E-state index contributed by atoms with van der Waals surface area (Å²) in [5, 5.41) is 2.52. The summed E-state index contributed by atoms with van der Waals surface area (Å²) in [6.07, 6.45) is -4.42. The van der Waals surface area contributed by atoms with Gasteiger partial charge in [-0.15, -0.1) is 0 Å². The van der Waals surface area contributed by atoms with Crippen LogP contribution in [0.1, 0.15) is 22.8 Å². The van der Waals surface area contributed by atoms with Gasteiger partial charge in [0.15, 0.2) is 0 Å². The van der Waals surface area contributed by atoms with Crippen LogP contribution in [-0.2, 0) is 17.0 Å². The molecule has 0 aliphatic carbocycles. The molecule has 122 valence electrons. The molecule has 0 aliphatic rings. The summed E-state index contributed by atoms with van der Waals surface area (Å²) in [4.78, 5) is 12.7.